The number of benzene rings is 1. The van der Waals surface area contributed by atoms with Gasteiger partial charge in [-0.25, -0.2) is 18.0 Å². The Hall–Kier alpha value is -1.76. The van der Waals surface area contributed by atoms with Crippen molar-refractivity contribution in [1.82, 2.24) is 0 Å². The Morgan fingerprint density at radius 1 is 1.38 bits per heavy atom. The molecule has 0 aliphatic heterocycles. The molecule has 0 heterocycles. The van der Waals surface area contributed by atoms with Crippen molar-refractivity contribution < 1.29 is 22.7 Å². The fraction of sp³-hybridized carbons (Fsp3) is 0.500. The lowest BCUT2D eigenvalue weighted by molar-refractivity contribution is 0.0634. The molecule has 7 heteroatoms. The number of hydrogen-bond acceptors (Lipinski definition) is 3. The largest absolute Gasteiger partial charge is 0.444 e. The van der Waals surface area contributed by atoms with Gasteiger partial charge in [0.05, 0.1) is 5.92 Å². The fourth-order valence-electron chi connectivity index (χ4n) is 1.73. The Kier molecular flexibility index (Phi) is 5.60. The zero-order valence-electron chi connectivity index (χ0n) is 12.1. The van der Waals surface area contributed by atoms with Crippen LogP contribution >= 0.6 is 0 Å². The minimum absolute atomic E-state index is 0.0569. The van der Waals surface area contributed by atoms with Crippen LogP contribution in [0.15, 0.2) is 18.2 Å². The molecule has 1 atom stereocenters. The number of hydrogen-bond donors (Lipinski definition) is 2. The summed E-state index contributed by atoms with van der Waals surface area (Å²) in [5.74, 6) is -2.05. The summed E-state index contributed by atoms with van der Waals surface area (Å²) in [6.07, 6.45) is -3.57. The van der Waals surface area contributed by atoms with Crippen molar-refractivity contribution in [3.63, 3.8) is 0 Å². The number of anilines is 1. The molecule has 1 rings (SSSR count). The minimum Gasteiger partial charge on any atom is -0.444 e. The summed E-state index contributed by atoms with van der Waals surface area (Å²) in [5, 5.41) is 2.35. The molecule has 0 fully saturated rings. The third-order valence-electron chi connectivity index (χ3n) is 2.61. The van der Waals surface area contributed by atoms with Crippen molar-refractivity contribution in [3.05, 3.63) is 29.6 Å². The maximum absolute atomic E-state index is 13.3. The number of halogens is 3. The van der Waals surface area contributed by atoms with Crippen LogP contribution in [-0.4, -0.2) is 24.7 Å². The first-order valence-corrected chi connectivity index (χ1v) is 6.41. The molecule has 1 aromatic carbocycles. The van der Waals surface area contributed by atoms with E-state index in [4.69, 9.17) is 10.5 Å². The van der Waals surface area contributed by atoms with Crippen molar-refractivity contribution in [2.75, 3.05) is 11.9 Å². The zero-order valence-corrected chi connectivity index (χ0v) is 12.1. The summed E-state index contributed by atoms with van der Waals surface area (Å²) >= 11 is 0. The molecule has 0 saturated carbocycles. The molecule has 0 saturated heterocycles. The van der Waals surface area contributed by atoms with E-state index in [9.17, 15) is 18.0 Å². The van der Waals surface area contributed by atoms with Crippen molar-refractivity contribution in [2.24, 2.45) is 5.73 Å². The van der Waals surface area contributed by atoms with Crippen molar-refractivity contribution >= 4 is 11.8 Å². The van der Waals surface area contributed by atoms with Gasteiger partial charge in [-0.15, -0.1) is 0 Å². The number of alkyl halides is 2. The SMILES string of the molecule is CC(C)(C)OC(=O)Nc1ccc(F)cc1C(CN)C(F)F. The van der Waals surface area contributed by atoms with E-state index >= 15 is 0 Å². The number of nitrogens with one attached hydrogen (secondary N) is 1. The second kappa shape index (κ2) is 6.80. The minimum atomic E-state index is -2.77. The topological polar surface area (TPSA) is 64.3 Å². The van der Waals surface area contributed by atoms with Gasteiger partial charge in [-0.05, 0) is 44.5 Å². The van der Waals surface area contributed by atoms with Gasteiger partial charge < -0.3 is 10.5 Å². The molecule has 1 amide bonds. The van der Waals surface area contributed by atoms with Gasteiger partial charge >= 0.3 is 6.09 Å². The highest BCUT2D eigenvalue weighted by molar-refractivity contribution is 5.86. The summed E-state index contributed by atoms with van der Waals surface area (Å²) in [5.41, 5.74) is 4.57. The molecule has 0 aliphatic carbocycles. The van der Waals surface area contributed by atoms with E-state index in [2.05, 4.69) is 5.32 Å². The van der Waals surface area contributed by atoms with Gasteiger partial charge in [0, 0.05) is 12.2 Å². The van der Waals surface area contributed by atoms with E-state index in [0.717, 1.165) is 12.1 Å². The lowest BCUT2D eigenvalue weighted by Gasteiger charge is -2.22. The van der Waals surface area contributed by atoms with Crippen LogP contribution in [0.4, 0.5) is 23.7 Å². The lowest BCUT2D eigenvalue weighted by Crippen LogP contribution is -2.28. The monoisotopic (exact) mass is 304 g/mol. The first kappa shape index (κ1) is 17.3. The zero-order chi connectivity index (χ0) is 16.2. The van der Waals surface area contributed by atoms with Crippen LogP contribution in [0.1, 0.15) is 32.3 Å². The van der Waals surface area contributed by atoms with Gasteiger partial charge in [0.1, 0.15) is 11.4 Å². The average molecular weight is 304 g/mol. The molecular weight excluding hydrogens is 285 g/mol. The molecule has 0 bridgehead atoms. The third kappa shape index (κ3) is 5.26. The van der Waals surface area contributed by atoms with Gasteiger partial charge in [0.25, 0.3) is 0 Å². The maximum atomic E-state index is 13.3. The van der Waals surface area contributed by atoms with Crippen LogP contribution in [0.3, 0.4) is 0 Å². The smallest absolute Gasteiger partial charge is 0.412 e. The first-order chi connectivity index (χ1) is 9.64. The van der Waals surface area contributed by atoms with Crippen LogP contribution in [-0.2, 0) is 4.74 Å². The molecule has 1 unspecified atom stereocenters. The molecule has 0 aliphatic rings. The predicted molar refractivity (Wildman–Crippen MR) is 74.1 cm³/mol. The number of nitrogens with two attached hydrogens (primary N) is 1. The summed E-state index contributed by atoms with van der Waals surface area (Å²) in [7, 11) is 0. The normalized spacial score (nSPS) is 13.1. The molecule has 118 valence electrons. The number of carbonyl (C=O) groups excluding carboxylic acids is 1. The van der Waals surface area contributed by atoms with E-state index in [1.54, 1.807) is 20.8 Å². The highest BCUT2D eigenvalue weighted by Crippen LogP contribution is 2.30. The predicted octanol–water partition coefficient (Wildman–Crippen LogP) is 3.48. The Morgan fingerprint density at radius 2 is 2.00 bits per heavy atom. The molecule has 0 aromatic heterocycles. The van der Waals surface area contributed by atoms with E-state index < -0.39 is 29.9 Å². The molecule has 3 N–H and O–H groups in total. The second-order valence-electron chi connectivity index (χ2n) is 5.54. The van der Waals surface area contributed by atoms with Gasteiger partial charge in [-0.1, -0.05) is 0 Å². The van der Waals surface area contributed by atoms with Gasteiger partial charge in [-0.3, -0.25) is 5.32 Å². The van der Waals surface area contributed by atoms with Gasteiger partial charge in [0.2, 0.25) is 6.43 Å². The molecule has 4 nitrogen and oxygen atoms in total. The van der Waals surface area contributed by atoms with Crippen LogP contribution in [0, 0.1) is 5.82 Å². The Morgan fingerprint density at radius 3 is 2.48 bits per heavy atom. The summed E-state index contributed by atoms with van der Waals surface area (Å²) in [4.78, 5) is 11.7. The second-order valence-corrected chi connectivity index (χ2v) is 5.54. The standard InChI is InChI=1S/C14H19F3N2O2/c1-14(2,3)21-13(20)19-11-5-4-8(15)6-9(11)10(7-18)12(16)17/h4-6,10,12H,7,18H2,1-3H3,(H,19,20). The Labute approximate surface area is 121 Å². The first-order valence-electron chi connectivity index (χ1n) is 6.41. The number of ether oxygens (including phenoxy) is 1. The summed E-state index contributed by atoms with van der Waals surface area (Å²) in [6.45, 7) is 4.63. The lowest BCUT2D eigenvalue weighted by atomic mass is 9.97. The van der Waals surface area contributed by atoms with Gasteiger partial charge in [0.15, 0.2) is 0 Å². The molecule has 1 aromatic rings. The summed E-state index contributed by atoms with van der Waals surface area (Å²) in [6, 6.07) is 3.21. The van der Waals surface area contributed by atoms with Crippen molar-refractivity contribution in [1.29, 1.82) is 0 Å². The van der Waals surface area contributed by atoms with Crippen LogP contribution in [0.2, 0.25) is 0 Å². The average Bonchev–Trinajstić information content (AvgIpc) is 2.30. The maximum Gasteiger partial charge on any atom is 0.412 e. The molecule has 21 heavy (non-hydrogen) atoms. The van der Waals surface area contributed by atoms with E-state index in [-0.39, 0.29) is 17.8 Å². The Balaban J connectivity index is 3.04. The highest BCUT2D eigenvalue weighted by Gasteiger charge is 2.25. The molecule has 0 radical (unpaired) electrons. The number of rotatable bonds is 4. The van der Waals surface area contributed by atoms with Gasteiger partial charge in [-0.2, -0.15) is 0 Å². The molecule has 0 spiro atoms. The number of carbonyl (C=O) groups is 1. The summed E-state index contributed by atoms with van der Waals surface area (Å²) < 4.78 is 44.2. The van der Waals surface area contributed by atoms with E-state index in [1.807, 2.05) is 0 Å². The third-order valence-corrected chi connectivity index (χ3v) is 2.61. The quantitative estimate of drug-likeness (QED) is 0.895. The highest BCUT2D eigenvalue weighted by atomic mass is 19.3. The molecular formula is C14H19F3N2O2. The number of amides is 1. The van der Waals surface area contributed by atoms with Crippen molar-refractivity contribution in [3.8, 4) is 0 Å². The van der Waals surface area contributed by atoms with Crippen LogP contribution in [0.5, 0.6) is 0 Å². The fourth-order valence-corrected chi connectivity index (χ4v) is 1.73. The Bertz CT molecular complexity index is 501. The van der Waals surface area contributed by atoms with Crippen LogP contribution < -0.4 is 11.1 Å². The van der Waals surface area contributed by atoms with E-state index in [0.29, 0.717) is 0 Å². The van der Waals surface area contributed by atoms with Crippen LogP contribution in [0.25, 0.3) is 0 Å². The van der Waals surface area contributed by atoms with E-state index in [1.165, 1.54) is 6.07 Å². The van der Waals surface area contributed by atoms with Crippen molar-refractivity contribution in [2.45, 2.75) is 38.7 Å².